The van der Waals surface area contributed by atoms with Crippen molar-refractivity contribution in [3.63, 3.8) is 0 Å². The van der Waals surface area contributed by atoms with Crippen LogP contribution in [0.4, 0.5) is 0 Å². The lowest BCUT2D eigenvalue weighted by molar-refractivity contribution is -0.146. The van der Waals surface area contributed by atoms with E-state index in [2.05, 4.69) is 11.9 Å². The highest BCUT2D eigenvalue weighted by Gasteiger charge is 2.03. The van der Waals surface area contributed by atoms with Gasteiger partial charge in [-0.15, -0.1) is 0 Å². The predicted octanol–water partition coefficient (Wildman–Crippen LogP) is 0.772. The quantitative estimate of drug-likeness (QED) is 0.412. The van der Waals surface area contributed by atoms with E-state index in [-0.39, 0.29) is 13.2 Å². The van der Waals surface area contributed by atoms with Gasteiger partial charge in [-0.3, -0.25) is 0 Å². The van der Waals surface area contributed by atoms with Crippen LogP contribution < -0.4 is 5.32 Å². The summed E-state index contributed by atoms with van der Waals surface area (Å²) in [5.74, 6) is -0.962. The van der Waals surface area contributed by atoms with Crippen LogP contribution in [0.5, 0.6) is 0 Å². The Morgan fingerprint density at radius 3 is 2.31 bits per heavy atom. The Morgan fingerprint density at radius 1 is 1.25 bits per heavy atom. The Kier molecular flexibility index (Phi) is 6.67. The van der Waals surface area contributed by atoms with E-state index in [1.54, 1.807) is 20.9 Å². The van der Waals surface area contributed by atoms with Gasteiger partial charge in [-0.25, -0.2) is 9.59 Å². The third-order valence-corrected chi connectivity index (χ3v) is 1.64. The molecule has 5 nitrogen and oxygen atoms in total. The number of nitrogens with one attached hydrogen (secondary N) is 1. The van der Waals surface area contributed by atoms with Crippen LogP contribution in [0.2, 0.25) is 0 Å². The maximum absolute atomic E-state index is 11.1. The molecule has 90 valence electrons. The largest absolute Gasteiger partial charge is 0.459 e. The molecule has 0 amide bonds. The van der Waals surface area contributed by atoms with Crippen molar-refractivity contribution in [3.05, 3.63) is 23.9 Å². The minimum atomic E-state index is -0.488. The molecule has 5 heteroatoms. The molecule has 0 aliphatic heterocycles. The summed E-state index contributed by atoms with van der Waals surface area (Å²) in [5, 5.41) is 2.78. The lowest BCUT2D eigenvalue weighted by Crippen LogP contribution is -2.14. The van der Waals surface area contributed by atoms with Crippen LogP contribution in [0.15, 0.2) is 23.9 Å². The van der Waals surface area contributed by atoms with Gasteiger partial charge in [0.05, 0.1) is 0 Å². The fourth-order valence-corrected chi connectivity index (χ4v) is 0.690. The lowest BCUT2D eigenvalue weighted by Gasteiger charge is -2.05. The van der Waals surface area contributed by atoms with Crippen LogP contribution in [0.1, 0.15) is 13.8 Å². The van der Waals surface area contributed by atoms with Crippen molar-refractivity contribution in [1.82, 2.24) is 5.32 Å². The molecule has 0 atom stereocenters. The van der Waals surface area contributed by atoms with E-state index in [1.165, 1.54) is 6.08 Å². The van der Waals surface area contributed by atoms with Crippen molar-refractivity contribution < 1.29 is 19.1 Å². The van der Waals surface area contributed by atoms with Crippen molar-refractivity contribution in [1.29, 1.82) is 0 Å². The normalized spacial score (nSPS) is 10.6. The molecule has 0 fully saturated rings. The minimum Gasteiger partial charge on any atom is -0.459 e. The van der Waals surface area contributed by atoms with Gasteiger partial charge < -0.3 is 14.8 Å². The lowest BCUT2D eigenvalue weighted by atomic mass is 10.4. The average molecular weight is 227 g/mol. The van der Waals surface area contributed by atoms with Crippen LogP contribution in [0.25, 0.3) is 0 Å². The second kappa shape index (κ2) is 7.50. The molecular weight excluding hydrogens is 210 g/mol. The van der Waals surface area contributed by atoms with Gasteiger partial charge in [0.1, 0.15) is 13.2 Å². The highest BCUT2D eigenvalue weighted by atomic mass is 16.6. The maximum Gasteiger partial charge on any atom is 0.333 e. The molecule has 0 aromatic heterocycles. The monoisotopic (exact) mass is 227 g/mol. The van der Waals surface area contributed by atoms with Crippen molar-refractivity contribution in [2.75, 3.05) is 20.3 Å². The molecule has 0 saturated carbocycles. The van der Waals surface area contributed by atoms with Crippen LogP contribution >= 0.6 is 0 Å². The molecule has 0 rings (SSSR count). The summed E-state index contributed by atoms with van der Waals surface area (Å²) in [5.41, 5.74) is 1.01. The average Bonchev–Trinajstić information content (AvgIpc) is 2.23. The van der Waals surface area contributed by atoms with E-state index in [1.807, 2.05) is 0 Å². The van der Waals surface area contributed by atoms with Gasteiger partial charge in [-0.05, 0) is 13.8 Å². The fourth-order valence-electron chi connectivity index (χ4n) is 0.690. The third-order valence-electron chi connectivity index (χ3n) is 1.64. The van der Waals surface area contributed by atoms with Crippen LogP contribution in [-0.2, 0) is 19.1 Å². The van der Waals surface area contributed by atoms with Gasteiger partial charge in [-0.2, -0.15) is 0 Å². The Morgan fingerprint density at radius 2 is 1.81 bits per heavy atom. The SMILES string of the molecule is C=C(C)C(=O)OCCOC(=O)C=C(C)NC. The molecule has 16 heavy (non-hydrogen) atoms. The summed E-state index contributed by atoms with van der Waals surface area (Å²) in [4.78, 5) is 22.0. The highest BCUT2D eigenvalue weighted by Crippen LogP contribution is 1.93. The summed E-state index contributed by atoms with van der Waals surface area (Å²) < 4.78 is 9.52. The molecule has 1 N–H and O–H groups in total. The van der Waals surface area contributed by atoms with Gasteiger partial charge in [-0.1, -0.05) is 6.58 Å². The summed E-state index contributed by atoms with van der Waals surface area (Å²) in [7, 11) is 1.70. The zero-order valence-corrected chi connectivity index (χ0v) is 9.83. The number of carbonyl (C=O) groups excluding carboxylic acids is 2. The Bertz CT molecular complexity index is 307. The molecule has 0 aliphatic rings. The second-order valence-electron chi connectivity index (χ2n) is 3.16. The first kappa shape index (κ1) is 14.2. The smallest absolute Gasteiger partial charge is 0.333 e. The Hall–Kier alpha value is -1.78. The maximum atomic E-state index is 11.1. The van der Waals surface area contributed by atoms with Gasteiger partial charge >= 0.3 is 11.9 Å². The fraction of sp³-hybridized carbons (Fsp3) is 0.455. The van der Waals surface area contributed by atoms with Crippen molar-refractivity contribution in [2.45, 2.75) is 13.8 Å². The van der Waals surface area contributed by atoms with Crippen LogP contribution in [-0.4, -0.2) is 32.2 Å². The molecule has 0 aromatic carbocycles. The van der Waals surface area contributed by atoms with Gasteiger partial charge in [0.25, 0.3) is 0 Å². The number of hydrogen-bond acceptors (Lipinski definition) is 5. The molecule has 0 aliphatic carbocycles. The van der Waals surface area contributed by atoms with E-state index in [4.69, 9.17) is 9.47 Å². The first-order valence-corrected chi connectivity index (χ1v) is 4.82. The van der Waals surface area contributed by atoms with E-state index in [9.17, 15) is 9.59 Å². The number of allylic oxidation sites excluding steroid dienone is 1. The highest BCUT2D eigenvalue weighted by molar-refractivity contribution is 5.87. The molecule has 0 saturated heterocycles. The van der Waals surface area contributed by atoms with E-state index in [0.717, 1.165) is 0 Å². The van der Waals surface area contributed by atoms with Crippen LogP contribution in [0.3, 0.4) is 0 Å². The summed E-state index contributed by atoms with van der Waals surface area (Å²) in [6, 6.07) is 0. The van der Waals surface area contributed by atoms with E-state index < -0.39 is 11.9 Å². The zero-order valence-electron chi connectivity index (χ0n) is 9.83. The molecule has 0 bridgehead atoms. The first-order valence-electron chi connectivity index (χ1n) is 4.82. The topological polar surface area (TPSA) is 64.6 Å². The van der Waals surface area contributed by atoms with Crippen molar-refractivity contribution >= 4 is 11.9 Å². The second-order valence-corrected chi connectivity index (χ2v) is 3.16. The van der Waals surface area contributed by atoms with Gasteiger partial charge in [0.2, 0.25) is 0 Å². The Balaban J connectivity index is 3.72. The molecule has 0 unspecified atom stereocenters. The molecule has 0 spiro atoms. The number of hydrogen-bond donors (Lipinski definition) is 1. The van der Waals surface area contributed by atoms with Crippen molar-refractivity contribution in [2.24, 2.45) is 0 Å². The molecule has 0 radical (unpaired) electrons. The Labute approximate surface area is 95.1 Å². The van der Waals surface area contributed by atoms with E-state index >= 15 is 0 Å². The van der Waals surface area contributed by atoms with Gasteiger partial charge in [0.15, 0.2) is 0 Å². The molecule has 0 heterocycles. The van der Waals surface area contributed by atoms with E-state index in [0.29, 0.717) is 11.3 Å². The summed E-state index contributed by atoms with van der Waals surface area (Å²) in [6.45, 7) is 6.77. The first-order chi connectivity index (χ1) is 7.47. The van der Waals surface area contributed by atoms with Gasteiger partial charge in [0, 0.05) is 24.4 Å². The number of carbonyl (C=O) groups is 2. The zero-order chi connectivity index (χ0) is 12.6. The number of ether oxygens (including phenoxy) is 2. The van der Waals surface area contributed by atoms with Crippen molar-refractivity contribution in [3.8, 4) is 0 Å². The molecule has 0 aromatic rings. The number of esters is 2. The van der Waals surface area contributed by atoms with Crippen LogP contribution in [0, 0.1) is 0 Å². The standard InChI is InChI=1S/C11H17NO4/c1-8(2)11(14)16-6-5-15-10(13)7-9(3)12-4/h7,12H,1,5-6H2,2-4H3. The molecular formula is C11H17NO4. The number of rotatable bonds is 6. The summed E-state index contributed by atoms with van der Waals surface area (Å²) in [6.07, 6.45) is 1.32. The third kappa shape index (κ3) is 6.64. The predicted molar refractivity (Wildman–Crippen MR) is 59.5 cm³/mol. The summed E-state index contributed by atoms with van der Waals surface area (Å²) >= 11 is 0. The minimum absolute atomic E-state index is 0.0316.